The van der Waals surface area contributed by atoms with Crippen molar-refractivity contribution in [2.75, 3.05) is 20.7 Å². The van der Waals surface area contributed by atoms with E-state index in [4.69, 9.17) is 4.74 Å². The monoisotopic (exact) mass is 438 g/mol. The van der Waals surface area contributed by atoms with Crippen molar-refractivity contribution in [1.29, 1.82) is 0 Å². The van der Waals surface area contributed by atoms with Crippen LogP contribution in [-0.2, 0) is 16.1 Å². The predicted molar refractivity (Wildman–Crippen MR) is 124 cm³/mol. The van der Waals surface area contributed by atoms with Crippen molar-refractivity contribution >= 4 is 17.7 Å². The van der Waals surface area contributed by atoms with Crippen LogP contribution >= 0.6 is 11.8 Å². The molecule has 0 spiro atoms. The third-order valence-corrected chi connectivity index (χ3v) is 6.28. The van der Waals surface area contributed by atoms with E-state index < -0.39 is 5.25 Å². The summed E-state index contributed by atoms with van der Waals surface area (Å²) in [5, 5.41) is 9.27. The third kappa shape index (κ3) is 5.74. The third-order valence-electron chi connectivity index (χ3n) is 5.06. The summed E-state index contributed by atoms with van der Waals surface area (Å²) in [6.07, 6.45) is 0.907. The molecule has 2 atom stereocenters. The summed E-state index contributed by atoms with van der Waals surface area (Å²) >= 11 is 1.39. The summed E-state index contributed by atoms with van der Waals surface area (Å²) in [4.78, 5) is 15.0. The van der Waals surface area contributed by atoms with Gasteiger partial charge in [0.1, 0.15) is 5.25 Å². The Bertz CT molecular complexity index is 960. The summed E-state index contributed by atoms with van der Waals surface area (Å²) in [5.74, 6) is 0.628. The second-order valence-corrected chi connectivity index (χ2v) is 8.53. The van der Waals surface area contributed by atoms with Crippen LogP contribution in [0.25, 0.3) is 0 Å². The molecule has 164 valence electrons. The Morgan fingerprint density at radius 2 is 1.68 bits per heavy atom. The molecule has 2 aromatic carbocycles. The number of aromatic nitrogens is 3. The van der Waals surface area contributed by atoms with Gasteiger partial charge in [-0.15, -0.1) is 10.2 Å². The molecule has 31 heavy (non-hydrogen) atoms. The second kappa shape index (κ2) is 11.1. The molecule has 0 fully saturated rings. The number of hydrogen-bond acceptors (Lipinski definition) is 6. The molecule has 7 heteroatoms. The molecule has 0 aliphatic carbocycles. The number of rotatable bonds is 10. The van der Waals surface area contributed by atoms with Crippen molar-refractivity contribution in [3.63, 3.8) is 0 Å². The molecule has 0 radical (unpaired) electrons. The van der Waals surface area contributed by atoms with E-state index in [1.165, 1.54) is 11.8 Å². The molecule has 3 aromatic rings. The molecule has 3 rings (SSSR count). The molecule has 0 bridgehead atoms. The standard InChI is InChI=1S/C24H30N4O2S/c1-5-20(27(3)4)22-25-26-24(28(22)17-18-13-9-7-10-14-18)31-21(23(29)30-6-2)19-15-11-8-12-16-19/h7-16,20-21H,5-6,17H2,1-4H3/t20-,21-/m1/s1. The number of nitrogens with zero attached hydrogens (tertiary/aromatic N) is 4. The van der Waals surface area contributed by atoms with Gasteiger partial charge in [0.25, 0.3) is 0 Å². The quantitative estimate of drug-likeness (QED) is 0.337. The van der Waals surface area contributed by atoms with Gasteiger partial charge in [-0.25, -0.2) is 0 Å². The van der Waals surface area contributed by atoms with E-state index in [-0.39, 0.29) is 12.0 Å². The molecule has 0 aliphatic heterocycles. The molecule has 6 nitrogen and oxygen atoms in total. The lowest BCUT2D eigenvalue weighted by Gasteiger charge is -2.23. The molecular weight excluding hydrogens is 408 g/mol. The lowest BCUT2D eigenvalue weighted by molar-refractivity contribution is -0.142. The lowest BCUT2D eigenvalue weighted by Crippen LogP contribution is -2.23. The van der Waals surface area contributed by atoms with Crippen LogP contribution in [0.3, 0.4) is 0 Å². The molecule has 0 saturated heterocycles. The zero-order valence-corrected chi connectivity index (χ0v) is 19.4. The van der Waals surface area contributed by atoms with Crippen molar-refractivity contribution in [3.8, 4) is 0 Å². The van der Waals surface area contributed by atoms with Gasteiger partial charge >= 0.3 is 5.97 Å². The maximum atomic E-state index is 12.8. The van der Waals surface area contributed by atoms with Gasteiger partial charge in [-0.1, -0.05) is 79.3 Å². The van der Waals surface area contributed by atoms with E-state index in [0.717, 1.165) is 23.4 Å². The fourth-order valence-corrected chi connectivity index (χ4v) is 4.57. The highest BCUT2D eigenvalue weighted by Gasteiger charge is 2.28. The van der Waals surface area contributed by atoms with Crippen molar-refractivity contribution < 1.29 is 9.53 Å². The van der Waals surface area contributed by atoms with E-state index in [1.807, 2.05) is 69.6 Å². The Kier molecular flexibility index (Phi) is 8.26. The summed E-state index contributed by atoms with van der Waals surface area (Å²) in [6, 6.07) is 20.1. The molecule has 0 unspecified atom stereocenters. The molecule has 0 N–H and O–H groups in total. The van der Waals surface area contributed by atoms with Gasteiger partial charge in [0.2, 0.25) is 0 Å². The first-order chi connectivity index (χ1) is 15.0. The first kappa shape index (κ1) is 23.0. The number of benzene rings is 2. The number of carbonyl (C=O) groups excluding carboxylic acids is 1. The molecule has 0 aliphatic rings. The first-order valence-corrected chi connectivity index (χ1v) is 11.4. The maximum absolute atomic E-state index is 12.8. The molecule has 1 heterocycles. The highest BCUT2D eigenvalue weighted by Crippen LogP contribution is 2.37. The van der Waals surface area contributed by atoms with Crippen LogP contribution in [0.4, 0.5) is 0 Å². The van der Waals surface area contributed by atoms with Crippen molar-refractivity contribution in [1.82, 2.24) is 19.7 Å². The summed E-state index contributed by atoms with van der Waals surface area (Å²) < 4.78 is 7.51. The maximum Gasteiger partial charge on any atom is 0.324 e. The fourth-order valence-electron chi connectivity index (χ4n) is 3.53. The Morgan fingerprint density at radius 1 is 1.03 bits per heavy atom. The summed E-state index contributed by atoms with van der Waals surface area (Å²) in [6.45, 7) is 4.94. The highest BCUT2D eigenvalue weighted by atomic mass is 32.2. The molecular formula is C24H30N4O2S. The average molecular weight is 439 g/mol. The van der Waals surface area contributed by atoms with Gasteiger partial charge in [0.05, 0.1) is 19.2 Å². The number of ether oxygens (including phenoxy) is 1. The Morgan fingerprint density at radius 3 is 2.26 bits per heavy atom. The normalized spacial score (nSPS) is 13.2. The van der Waals surface area contributed by atoms with Crippen LogP contribution in [0.5, 0.6) is 0 Å². The van der Waals surface area contributed by atoms with Crippen LogP contribution in [0.2, 0.25) is 0 Å². The SMILES string of the molecule is CCOC(=O)[C@H](Sc1nnc([C@@H](CC)N(C)C)n1Cc1ccccc1)c1ccccc1. The fraction of sp³-hybridized carbons (Fsp3) is 0.375. The van der Waals surface area contributed by atoms with Gasteiger partial charge in [-0.3, -0.25) is 9.69 Å². The van der Waals surface area contributed by atoms with Crippen LogP contribution in [-0.4, -0.2) is 46.3 Å². The van der Waals surface area contributed by atoms with Gasteiger partial charge in [0.15, 0.2) is 11.0 Å². The number of thioether (sulfide) groups is 1. The largest absolute Gasteiger partial charge is 0.465 e. The number of esters is 1. The first-order valence-electron chi connectivity index (χ1n) is 10.6. The Balaban J connectivity index is 2.02. The van der Waals surface area contributed by atoms with Crippen molar-refractivity contribution in [2.24, 2.45) is 0 Å². The Labute approximate surface area is 188 Å². The second-order valence-electron chi connectivity index (χ2n) is 7.46. The van der Waals surface area contributed by atoms with Gasteiger partial charge in [0, 0.05) is 0 Å². The topological polar surface area (TPSA) is 60.2 Å². The van der Waals surface area contributed by atoms with Gasteiger partial charge in [-0.05, 0) is 38.6 Å². The smallest absolute Gasteiger partial charge is 0.324 e. The van der Waals surface area contributed by atoms with Gasteiger partial charge < -0.3 is 9.30 Å². The zero-order valence-electron chi connectivity index (χ0n) is 18.6. The number of carbonyl (C=O) groups is 1. The van der Waals surface area contributed by atoms with Crippen molar-refractivity contribution in [2.45, 2.75) is 43.3 Å². The van der Waals surface area contributed by atoms with E-state index in [2.05, 4.69) is 38.7 Å². The number of hydrogen-bond donors (Lipinski definition) is 0. The molecule has 0 amide bonds. The van der Waals surface area contributed by atoms with E-state index in [0.29, 0.717) is 18.3 Å². The minimum atomic E-state index is -0.507. The molecule has 0 saturated carbocycles. The van der Waals surface area contributed by atoms with E-state index in [9.17, 15) is 4.79 Å². The zero-order chi connectivity index (χ0) is 22.2. The minimum Gasteiger partial charge on any atom is -0.465 e. The van der Waals surface area contributed by atoms with Crippen molar-refractivity contribution in [3.05, 3.63) is 77.6 Å². The minimum absolute atomic E-state index is 0.128. The van der Waals surface area contributed by atoms with Gasteiger partial charge in [-0.2, -0.15) is 0 Å². The van der Waals surface area contributed by atoms with Crippen LogP contribution in [0.15, 0.2) is 65.8 Å². The lowest BCUT2D eigenvalue weighted by atomic mass is 10.1. The average Bonchev–Trinajstić information content (AvgIpc) is 3.15. The summed E-state index contributed by atoms with van der Waals surface area (Å²) in [5.41, 5.74) is 2.05. The van der Waals surface area contributed by atoms with Crippen LogP contribution in [0.1, 0.15) is 48.5 Å². The molecule has 1 aromatic heterocycles. The Hall–Kier alpha value is -2.64. The van der Waals surface area contributed by atoms with Crippen LogP contribution < -0.4 is 0 Å². The van der Waals surface area contributed by atoms with E-state index >= 15 is 0 Å². The highest BCUT2D eigenvalue weighted by molar-refractivity contribution is 8.00. The summed E-state index contributed by atoms with van der Waals surface area (Å²) in [7, 11) is 4.10. The van der Waals surface area contributed by atoms with Crippen LogP contribution in [0, 0.1) is 0 Å². The van der Waals surface area contributed by atoms with E-state index in [1.54, 1.807) is 0 Å². The predicted octanol–water partition coefficient (Wildman–Crippen LogP) is 4.74.